The predicted molar refractivity (Wildman–Crippen MR) is 86.3 cm³/mol. The average Bonchev–Trinajstić information content (AvgIpc) is 2.56. The van der Waals surface area contributed by atoms with Crippen molar-refractivity contribution in [3.8, 4) is 11.4 Å². The molecule has 0 amide bonds. The van der Waals surface area contributed by atoms with Crippen LogP contribution >= 0.6 is 0 Å². The standard InChI is InChI=1S/C17H22N4/c1-2-15-12-16(21-10-8-14(18)9-11-21)20-17(19-15)13-6-4-3-5-7-13/h3-7,12,14H,2,8-11,18H2,1H3. The monoisotopic (exact) mass is 282 g/mol. The van der Waals surface area contributed by atoms with Gasteiger partial charge < -0.3 is 10.6 Å². The summed E-state index contributed by atoms with van der Waals surface area (Å²) in [6.45, 7) is 4.10. The summed E-state index contributed by atoms with van der Waals surface area (Å²) in [5, 5.41) is 0. The lowest BCUT2D eigenvalue weighted by atomic mass is 10.1. The molecule has 2 heterocycles. The van der Waals surface area contributed by atoms with E-state index in [1.54, 1.807) is 0 Å². The Kier molecular flexibility index (Phi) is 4.15. The van der Waals surface area contributed by atoms with Gasteiger partial charge in [-0.15, -0.1) is 0 Å². The summed E-state index contributed by atoms with van der Waals surface area (Å²) in [6.07, 6.45) is 2.99. The van der Waals surface area contributed by atoms with Gasteiger partial charge in [0, 0.05) is 36.5 Å². The van der Waals surface area contributed by atoms with Gasteiger partial charge in [0.25, 0.3) is 0 Å². The molecule has 4 nitrogen and oxygen atoms in total. The van der Waals surface area contributed by atoms with Gasteiger partial charge in [-0.2, -0.15) is 0 Å². The highest BCUT2D eigenvalue weighted by Gasteiger charge is 2.18. The Morgan fingerprint density at radius 1 is 1.14 bits per heavy atom. The van der Waals surface area contributed by atoms with Gasteiger partial charge in [0.1, 0.15) is 5.82 Å². The van der Waals surface area contributed by atoms with Crippen molar-refractivity contribution in [2.45, 2.75) is 32.2 Å². The van der Waals surface area contributed by atoms with Crippen molar-refractivity contribution >= 4 is 5.82 Å². The van der Waals surface area contributed by atoms with Gasteiger partial charge in [0.05, 0.1) is 0 Å². The number of nitrogens with two attached hydrogens (primary N) is 1. The van der Waals surface area contributed by atoms with Gasteiger partial charge in [-0.05, 0) is 19.3 Å². The van der Waals surface area contributed by atoms with E-state index in [4.69, 9.17) is 10.7 Å². The summed E-state index contributed by atoms with van der Waals surface area (Å²) in [4.78, 5) is 11.8. The molecule has 110 valence electrons. The summed E-state index contributed by atoms with van der Waals surface area (Å²) in [6, 6.07) is 12.6. The molecule has 1 aliphatic heterocycles. The van der Waals surface area contributed by atoms with Gasteiger partial charge in [-0.25, -0.2) is 9.97 Å². The molecule has 0 unspecified atom stereocenters. The first-order valence-electron chi connectivity index (χ1n) is 7.70. The number of aromatic nitrogens is 2. The third-order valence-corrected chi connectivity index (χ3v) is 4.02. The number of hydrogen-bond acceptors (Lipinski definition) is 4. The van der Waals surface area contributed by atoms with Crippen LogP contribution in [0.2, 0.25) is 0 Å². The first kappa shape index (κ1) is 14.0. The first-order chi connectivity index (χ1) is 10.3. The maximum Gasteiger partial charge on any atom is 0.161 e. The molecule has 0 radical (unpaired) electrons. The molecule has 1 saturated heterocycles. The summed E-state index contributed by atoms with van der Waals surface area (Å²) in [5.74, 6) is 1.85. The van der Waals surface area contributed by atoms with E-state index in [1.807, 2.05) is 18.2 Å². The largest absolute Gasteiger partial charge is 0.356 e. The second-order valence-electron chi connectivity index (χ2n) is 5.59. The van der Waals surface area contributed by atoms with E-state index in [1.165, 1.54) is 0 Å². The maximum absolute atomic E-state index is 5.99. The van der Waals surface area contributed by atoms with Gasteiger partial charge in [0.2, 0.25) is 0 Å². The Bertz CT molecular complexity index is 589. The Morgan fingerprint density at radius 3 is 2.52 bits per heavy atom. The molecular weight excluding hydrogens is 260 g/mol. The lowest BCUT2D eigenvalue weighted by Gasteiger charge is -2.31. The minimum Gasteiger partial charge on any atom is -0.356 e. The quantitative estimate of drug-likeness (QED) is 0.940. The summed E-state index contributed by atoms with van der Waals surface area (Å²) >= 11 is 0. The van der Waals surface area contributed by atoms with Gasteiger partial charge >= 0.3 is 0 Å². The number of hydrogen-bond donors (Lipinski definition) is 1. The fourth-order valence-corrected chi connectivity index (χ4v) is 2.67. The SMILES string of the molecule is CCc1cc(N2CCC(N)CC2)nc(-c2ccccc2)n1. The predicted octanol–water partition coefficient (Wildman–Crippen LogP) is 2.63. The molecule has 1 aliphatic rings. The van der Waals surface area contributed by atoms with Gasteiger partial charge in [-0.3, -0.25) is 0 Å². The van der Waals surface area contributed by atoms with Crippen molar-refractivity contribution in [3.63, 3.8) is 0 Å². The second kappa shape index (κ2) is 6.22. The van der Waals surface area contributed by atoms with Crippen LogP contribution < -0.4 is 10.6 Å². The van der Waals surface area contributed by atoms with E-state index >= 15 is 0 Å². The molecular formula is C17H22N4. The molecule has 4 heteroatoms. The topological polar surface area (TPSA) is 55.0 Å². The van der Waals surface area contributed by atoms with Crippen molar-refractivity contribution in [1.82, 2.24) is 9.97 Å². The van der Waals surface area contributed by atoms with E-state index in [-0.39, 0.29) is 0 Å². The molecule has 1 aromatic heterocycles. The molecule has 0 atom stereocenters. The van der Waals surface area contributed by atoms with Crippen molar-refractivity contribution in [2.24, 2.45) is 5.73 Å². The minimum atomic E-state index is 0.335. The molecule has 0 bridgehead atoms. The lowest BCUT2D eigenvalue weighted by molar-refractivity contribution is 0.498. The molecule has 2 aromatic rings. The minimum absolute atomic E-state index is 0.335. The fraction of sp³-hybridized carbons (Fsp3) is 0.412. The van der Waals surface area contributed by atoms with Crippen molar-refractivity contribution in [2.75, 3.05) is 18.0 Å². The van der Waals surface area contributed by atoms with Crippen LogP contribution in [-0.4, -0.2) is 29.1 Å². The van der Waals surface area contributed by atoms with Gasteiger partial charge in [-0.1, -0.05) is 37.3 Å². The van der Waals surface area contributed by atoms with Crippen LogP contribution in [0.25, 0.3) is 11.4 Å². The summed E-state index contributed by atoms with van der Waals surface area (Å²) in [5.41, 5.74) is 8.16. The molecule has 0 aliphatic carbocycles. The zero-order valence-corrected chi connectivity index (χ0v) is 12.5. The van der Waals surface area contributed by atoms with Crippen LogP contribution in [-0.2, 0) is 6.42 Å². The second-order valence-corrected chi connectivity index (χ2v) is 5.59. The van der Waals surface area contributed by atoms with Crippen molar-refractivity contribution in [1.29, 1.82) is 0 Å². The zero-order valence-electron chi connectivity index (χ0n) is 12.5. The third-order valence-electron chi connectivity index (χ3n) is 4.02. The first-order valence-corrected chi connectivity index (χ1v) is 7.70. The molecule has 21 heavy (non-hydrogen) atoms. The number of rotatable bonds is 3. The van der Waals surface area contributed by atoms with E-state index in [0.29, 0.717) is 6.04 Å². The normalized spacial score (nSPS) is 16.2. The van der Waals surface area contributed by atoms with Crippen LogP contribution in [0.4, 0.5) is 5.82 Å². The number of aryl methyl sites for hydroxylation is 1. The Balaban J connectivity index is 1.94. The summed E-state index contributed by atoms with van der Waals surface area (Å²) in [7, 11) is 0. The number of nitrogens with zero attached hydrogens (tertiary/aromatic N) is 3. The highest BCUT2D eigenvalue weighted by atomic mass is 15.2. The Hall–Kier alpha value is -1.94. The molecule has 0 saturated carbocycles. The lowest BCUT2D eigenvalue weighted by Crippen LogP contribution is -2.40. The molecule has 1 aromatic carbocycles. The fourth-order valence-electron chi connectivity index (χ4n) is 2.67. The number of benzene rings is 1. The van der Waals surface area contributed by atoms with E-state index < -0.39 is 0 Å². The van der Waals surface area contributed by atoms with Crippen molar-refractivity contribution < 1.29 is 0 Å². The van der Waals surface area contributed by atoms with E-state index in [9.17, 15) is 0 Å². The van der Waals surface area contributed by atoms with Crippen LogP contribution in [0.3, 0.4) is 0 Å². The molecule has 2 N–H and O–H groups in total. The zero-order chi connectivity index (χ0) is 14.7. The van der Waals surface area contributed by atoms with E-state index in [2.05, 4.69) is 35.0 Å². The Morgan fingerprint density at radius 2 is 1.86 bits per heavy atom. The van der Waals surface area contributed by atoms with Crippen LogP contribution in [0, 0.1) is 0 Å². The molecule has 0 spiro atoms. The maximum atomic E-state index is 5.99. The summed E-state index contributed by atoms with van der Waals surface area (Å²) < 4.78 is 0. The smallest absolute Gasteiger partial charge is 0.161 e. The highest BCUT2D eigenvalue weighted by molar-refractivity contribution is 5.58. The van der Waals surface area contributed by atoms with E-state index in [0.717, 1.165) is 55.3 Å². The average molecular weight is 282 g/mol. The number of piperidine rings is 1. The van der Waals surface area contributed by atoms with Crippen molar-refractivity contribution in [3.05, 3.63) is 42.1 Å². The van der Waals surface area contributed by atoms with Gasteiger partial charge in [0.15, 0.2) is 5.82 Å². The van der Waals surface area contributed by atoms with Crippen LogP contribution in [0.15, 0.2) is 36.4 Å². The van der Waals surface area contributed by atoms with Crippen LogP contribution in [0.1, 0.15) is 25.5 Å². The highest BCUT2D eigenvalue weighted by Crippen LogP contribution is 2.22. The number of anilines is 1. The van der Waals surface area contributed by atoms with Crippen LogP contribution in [0.5, 0.6) is 0 Å². The molecule has 1 fully saturated rings. The Labute approximate surface area is 126 Å². The third kappa shape index (κ3) is 3.22. The molecule has 3 rings (SSSR count).